The molecule has 3 nitrogen and oxygen atoms in total. The fourth-order valence-electron chi connectivity index (χ4n) is 2.39. The van der Waals surface area contributed by atoms with Gasteiger partial charge in [0.15, 0.2) is 5.82 Å². The van der Waals surface area contributed by atoms with E-state index in [9.17, 15) is 0 Å². The first-order valence-electron chi connectivity index (χ1n) is 6.08. The van der Waals surface area contributed by atoms with Crippen molar-refractivity contribution < 1.29 is 4.52 Å². The molecule has 0 spiro atoms. The minimum atomic E-state index is 0.509. The number of aromatic nitrogens is 1. The summed E-state index contributed by atoms with van der Waals surface area (Å²) >= 11 is 0. The highest BCUT2D eigenvalue weighted by Crippen LogP contribution is 2.43. The van der Waals surface area contributed by atoms with Crippen molar-refractivity contribution in [2.45, 2.75) is 32.1 Å². The standard InChI is InChI=1S/C14H16N2O/c1-9-5-2-3-8-11(9)12-13(10-6-4-7-10)17-16-14(12)15/h2-3,5,8,10H,4,6-7H2,1H3,(H2,15,16). The molecule has 1 aromatic carbocycles. The average Bonchev–Trinajstić information content (AvgIpc) is 2.59. The first-order valence-corrected chi connectivity index (χ1v) is 6.08. The second kappa shape index (κ2) is 3.91. The van der Waals surface area contributed by atoms with E-state index >= 15 is 0 Å². The molecule has 2 aromatic rings. The van der Waals surface area contributed by atoms with E-state index in [2.05, 4.69) is 24.2 Å². The van der Waals surface area contributed by atoms with Crippen molar-refractivity contribution >= 4 is 5.82 Å². The highest BCUT2D eigenvalue weighted by atomic mass is 16.5. The van der Waals surface area contributed by atoms with Crippen LogP contribution in [0.5, 0.6) is 0 Å². The number of nitrogen functional groups attached to an aromatic ring is 1. The molecule has 0 radical (unpaired) electrons. The smallest absolute Gasteiger partial charge is 0.175 e. The molecule has 1 aliphatic carbocycles. The predicted molar refractivity (Wildman–Crippen MR) is 67.7 cm³/mol. The molecule has 0 bridgehead atoms. The zero-order valence-corrected chi connectivity index (χ0v) is 9.94. The van der Waals surface area contributed by atoms with Crippen LogP contribution >= 0.6 is 0 Å². The van der Waals surface area contributed by atoms with E-state index in [1.165, 1.54) is 24.8 Å². The van der Waals surface area contributed by atoms with Crippen molar-refractivity contribution in [3.8, 4) is 11.1 Å². The van der Waals surface area contributed by atoms with E-state index in [0.29, 0.717) is 11.7 Å². The first kappa shape index (κ1) is 10.4. The zero-order chi connectivity index (χ0) is 11.8. The maximum Gasteiger partial charge on any atom is 0.175 e. The lowest BCUT2D eigenvalue weighted by molar-refractivity contribution is 0.302. The van der Waals surface area contributed by atoms with Crippen LogP contribution in [0.3, 0.4) is 0 Å². The number of rotatable bonds is 2. The second-order valence-electron chi connectivity index (χ2n) is 4.75. The number of nitrogens with two attached hydrogens (primary N) is 1. The molecule has 0 amide bonds. The van der Waals surface area contributed by atoms with Crippen molar-refractivity contribution in [3.63, 3.8) is 0 Å². The summed E-state index contributed by atoms with van der Waals surface area (Å²) in [5.41, 5.74) is 9.32. The largest absolute Gasteiger partial charge is 0.380 e. The summed E-state index contributed by atoms with van der Waals surface area (Å²) in [4.78, 5) is 0. The predicted octanol–water partition coefficient (Wildman–Crippen LogP) is 3.50. The third-order valence-corrected chi connectivity index (χ3v) is 3.64. The molecule has 3 rings (SSSR count). The Hall–Kier alpha value is -1.77. The molecule has 1 aliphatic rings. The average molecular weight is 228 g/mol. The van der Waals surface area contributed by atoms with Crippen LogP contribution in [0.25, 0.3) is 11.1 Å². The summed E-state index contributed by atoms with van der Waals surface area (Å²) in [5.74, 6) is 2.00. The van der Waals surface area contributed by atoms with Gasteiger partial charge in [0.05, 0.1) is 5.56 Å². The Bertz CT molecular complexity index is 541. The SMILES string of the molecule is Cc1ccccc1-c1c(N)noc1C1CCC1. The number of nitrogens with zero attached hydrogens (tertiary/aromatic N) is 1. The Morgan fingerprint density at radius 1 is 1.29 bits per heavy atom. The fourth-order valence-corrected chi connectivity index (χ4v) is 2.39. The lowest BCUT2D eigenvalue weighted by Gasteiger charge is -2.23. The van der Waals surface area contributed by atoms with E-state index in [1.807, 2.05) is 12.1 Å². The monoisotopic (exact) mass is 228 g/mol. The number of hydrogen-bond donors (Lipinski definition) is 1. The number of benzene rings is 1. The molecule has 2 N–H and O–H groups in total. The van der Waals surface area contributed by atoms with Gasteiger partial charge in [0.2, 0.25) is 0 Å². The molecule has 1 heterocycles. The van der Waals surface area contributed by atoms with Crippen LogP contribution in [-0.4, -0.2) is 5.16 Å². The highest BCUT2D eigenvalue weighted by Gasteiger charge is 2.29. The molecule has 88 valence electrons. The van der Waals surface area contributed by atoms with Gasteiger partial charge in [-0.2, -0.15) is 0 Å². The summed E-state index contributed by atoms with van der Waals surface area (Å²) < 4.78 is 5.43. The molecule has 1 fully saturated rings. The number of aryl methyl sites for hydroxylation is 1. The minimum absolute atomic E-state index is 0.509. The summed E-state index contributed by atoms with van der Waals surface area (Å²) in [6, 6.07) is 8.23. The molecule has 3 heteroatoms. The molecule has 1 aromatic heterocycles. The molecule has 1 saturated carbocycles. The lowest BCUT2D eigenvalue weighted by atomic mass is 9.81. The maximum absolute atomic E-state index is 5.95. The quantitative estimate of drug-likeness (QED) is 0.855. The summed E-state index contributed by atoms with van der Waals surface area (Å²) in [6.45, 7) is 2.09. The van der Waals surface area contributed by atoms with Crippen molar-refractivity contribution in [3.05, 3.63) is 35.6 Å². The van der Waals surface area contributed by atoms with Crippen LogP contribution in [0.4, 0.5) is 5.82 Å². The normalized spacial score (nSPS) is 15.8. The number of anilines is 1. The molecular formula is C14H16N2O. The van der Waals surface area contributed by atoms with Gasteiger partial charge in [-0.3, -0.25) is 0 Å². The molecule has 0 aliphatic heterocycles. The Morgan fingerprint density at radius 2 is 2.06 bits per heavy atom. The zero-order valence-electron chi connectivity index (χ0n) is 9.94. The first-order chi connectivity index (χ1) is 8.27. The van der Waals surface area contributed by atoms with Gasteiger partial charge in [-0.1, -0.05) is 35.8 Å². The van der Waals surface area contributed by atoms with Gasteiger partial charge in [-0.05, 0) is 30.9 Å². The Morgan fingerprint density at radius 3 is 2.71 bits per heavy atom. The van der Waals surface area contributed by atoms with E-state index < -0.39 is 0 Å². The Balaban J connectivity index is 2.13. The van der Waals surface area contributed by atoms with Gasteiger partial charge in [-0.15, -0.1) is 0 Å². The topological polar surface area (TPSA) is 52.0 Å². The van der Waals surface area contributed by atoms with Crippen molar-refractivity contribution in [1.29, 1.82) is 0 Å². The van der Waals surface area contributed by atoms with Crippen LogP contribution in [0.1, 0.15) is 36.5 Å². The fraction of sp³-hybridized carbons (Fsp3) is 0.357. The van der Waals surface area contributed by atoms with E-state index in [4.69, 9.17) is 10.3 Å². The van der Waals surface area contributed by atoms with Crippen LogP contribution < -0.4 is 5.73 Å². The summed E-state index contributed by atoms with van der Waals surface area (Å²) in [6.07, 6.45) is 3.65. The van der Waals surface area contributed by atoms with Crippen molar-refractivity contribution in [2.24, 2.45) is 0 Å². The van der Waals surface area contributed by atoms with Crippen LogP contribution in [0.15, 0.2) is 28.8 Å². The molecule has 0 unspecified atom stereocenters. The second-order valence-corrected chi connectivity index (χ2v) is 4.75. The van der Waals surface area contributed by atoms with Crippen LogP contribution in [0, 0.1) is 6.92 Å². The van der Waals surface area contributed by atoms with Gasteiger partial charge >= 0.3 is 0 Å². The number of hydrogen-bond acceptors (Lipinski definition) is 3. The van der Waals surface area contributed by atoms with E-state index in [-0.39, 0.29) is 0 Å². The summed E-state index contributed by atoms with van der Waals surface area (Å²) in [5, 5.41) is 3.94. The minimum Gasteiger partial charge on any atom is -0.380 e. The Labute approximate surface area is 101 Å². The van der Waals surface area contributed by atoms with E-state index in [1.54, 1.807) is 0 Å². The van der Waals surface area contributed by atoms with Crippen molar-refractivity contribution in [1.82, 2.24) is 5.16 Å². The van der Waals surface area contributed by atoms with Gasteiger partial charge in [-0.25, -0.2) is 0 Å². The highest BCUT2D eigenvalue weighted by molar-refractivity contribution is 5.78. The van der Waals surface area contributed by atoms with Gasteiger partial charge in [0.1, 0.15) is 5.76 Å². The van der Waals surface area contributed by atoms with Crippen LogP contribution in [0.2, 0.25) is 0 Å². The van der Waals surface area contributed by atoms with Crippen molar-refractivity contribution in [2.75, 3.05) is 5.73 Å². The third kappa shape index (κ3) is 1.62. The van der Waals surface area contributed by atoms with Gasteiger partial charge in [0, 0.05) is 5.92 Å². The van der Waals surface area contributed by atoms with Gasteiger partial charge in [0.25, 0.3) is 0 Å². The van der Waals surface area contributed by atoms with Crippen LogP contribution in [-0.2, 0) is 0 Å². The molecule has 17 heavy (non-hydrogen) atoms. The van der Waals surface area contributed by atoms with Gasteiger partial charge < -0.3 is 10.3 Å². The Kier molecular flexibility index (Phi) is 2.39. The third-order valence-electron chi connectivity index (χ3n) is 3.64. The molecule has 0 atom stereocenters. The van der Waals surface area contributed by atoms with E-state index in [0.717, 1.165) is 16.9 Å². The molecule has 0 saturated heterocycles. The summed E-state index contributed by atoms with van der Waals surface area (Å²) in [7, 11) is 0. The lowest BCUT2D eigenvalue weighted by Crippen LogP contribution is -2.09. The maximum atomic E-state index is 5.95. The molecular weight excluding hydrogens is 212 g/mol.